The predicted molar refractivity (Wildman–Crippen MR) is 91.0 cm³/mol. The van der Waals surface area contributed by atoms with Gasteiger partial charge < -0.3 is 9.64 Å². The molecule has 1 aromatic carbocycles. The lowest BCUT2D eigenvalue weighted by Gasteiger charge is -2.46. The molecule has 22 heavy (non-hydrogen) atoms. The van der Waals surface area contributed by atoms with Crippen molar-refractivity contribution in [2.24, 2.45) is 5.92 Å². The third-order valence-electron chi connectivity index (χ3n) is 5.40. The number of rotatable bonds is 4. The predicted octanol–water partition coefficient (Wildman–Crippen LogP) is 3.18. The van der Waals surface area contributed by atoms with E-state index in [2.05, 4.69) is 54.2 Å². The Morgan fingerprint density at radius 3 is 2.41 bits per heavy atom. The molecule has 3 nitrogen and oxygen atoms in total. The number of nitrogens with zero attached hydrogens (tertiary/aromatic N) is 2. The molecule has 0 N–H and O–H groups in total. The van der Waals surface area contributed by atoms with Gasteiger partial charge in [0.05, 0.1) is 13.2 Å². The molecule has 0 unspecified atom stereocenters. The largest absolute Gasteiger partial charge is 0.379 e. The Labute approximate surface area is 135 Å². The van der Waals surface area contributed by atoms with E-state index in [9.17, 15) is 0 Å². The molecule has 1 saturated carbocycles. The second kappa shape index (κ2) is 7.58. The third kappa shape index (κ3) is 3.53. The first-order chi connectivity index (χ1) is 10.8. The zero-order valence-electron chi connectivity index (χ0n) is 14.1. The van der Waals surface area contributed by atoms with E-state index in [4.69, 9.17) is 4.74 Å². The van der Waals surface area contributed by atoms with Gasteiger partial charge in [0, 0.05) is 25.2 Å². The highest BCUT2D eigenvalue weighted by Gasteiger charge is 2.37. The molecule has 0 aromatic heterocycles. The van der Waals surface area contributed by atoms with Crippen molar-refractivity contribution in [3.63, 3.8) is 0 Å². The Hall–Kier alpha value is -0.900. The molecule has 0 spiro atoms. The summed E-state index contributed by atoms with van der Waals surface area (Å²) >= 11 is 0. The fourth-order valence-electron chi connectivity index (χ4n) is 4.45. The summed E-state index contributed by atoms with van der Waals surface area (Å²) in [5, 5.41) is 0. The average molecular weight is 302 g/mol. The molecular weight excluding hydrogens is 272 g/mol. The van der Waals surface area contributed by atoms with Gasteiger partial charge >= 0.3 is 0 Å². The van der Waals surface area contributed by atoms with Crippen molar-refractivity contribution in [2.75, 3.05) is 40.4 Å². The van der Waals surface area contributed by atoms with E-state index < -0.39 is 0 Å². The molecule has 3 atom stereocenters. The van der Waals surface area contributed by atoms with Gasteiger partial charge in [0.1, 0.15) is 0 Å². The van der Waals surface area contributed by atoms with Crippen LogP contribution < -0.4 is 0 Å². The lowest BCUT2D eigenvalue weighted by Crippen LogP contribution is -2.51. The number of ether oxygens (including phenoxy) is 1. The van der Waals surface area contributed by atoms with Gasteiger partial charge in [-0.3, -0.25) is 4.90 Å². The Bertz CT molecular complexity index is 442. The molecule has 3 heteroatoms. The van der Waals surface area contributed by atoms with Gasteiger partial charge in [-0.2, -0.15) is 0 Å². The van der Waals surface area contributed by atoms with Crippen LogP contribution in [0.2, 0.25) is 0 Å². The highest BCUT2D eigenvalue weighted by Crippen LogP contribution is 2.39. The van der Waals surface area contributed by atoms with Crippen LogP contribution in [0.25, 0.3) is 0 Å². The van der Waals surface area contributed by atoms with E-state index in [1.54, 1.807) is 0 Å². The summed E-state index contributed by atoms with van der Waals surface area (Å²) < 4.78 is 5.57. The van der Waals surface area contributed by atoms with E-state index in [0.717, 1.165) is 32.2 Å². The van der Waals surface area contributed by atoms with Crippen molar-refractivity contribution in [1.29, 1.82) is 0 Å². The molecule has 1 aromatic rings. The molecule has 0 radical (unpaired) electrons. The van der Waals surface area contributed by atoms with Crippen LogP contribution in [0.5, 0.6) is 0 Å². The van der Waals surface area contributed by atoms with Crippen LogP contribution in [0.4, 0.5) is 0 Å². The first-order valence-corrected chi connectivity index (χ1v) is 8.80. The Morgan fingerprint density at radius 1 is 1.05 bits per heavy atom. The molecule has 2 fully saturated rings. The van der Waals surface area contributed by atoms with E-state index in [1.807, 2.05) is 0 Å². The lowest BCUT2D eigenvalue weighted by molar-refractivity contribution is -0.0219. The van der Waals surface area contributed by atoms with Crippen molar-refractivity contribution in [1.82, 2.24) is 9.80 Å². The van der Waals surface area contributed by atoms with Crippen molar-refractivity contribution in [3.05, 3.63) is 35.9 Å². The maximum absolute atomic E-state index is 5.57. The molecule has 0 bridgehead atoms. The normalized spacial score (nSPS) is 28.7. The van der Waals surface area contributed by atoms with Gasteiger partial charge in [-0.05, 0) is 38.4 Å². The molecule has 2 aliphatic rings. The molecular formula is C19H30N2O. The van der Waals surface area contributed by atoms with Gasteiger partial charge in [0.2, 0.25) is 0 Å². The fourth-order valence-corrected chi connectivity index (χ4v) is 4.45. The second-order valence-corrected chi connectivity index (χ2v) is 6.98. The summed E-state index contributed by atoms with van der Waals surface area (Å²) in [6, 6.07) is 12.3. The zero-order chi connectivity index (χ0) is 15.4. The summed E-state index contributed by atoms with van der Waals surface area (Å²) in [7, 11) is 4.48. The Morgan fingerprint density at radius 2 is 1.73 bits per heavy atom. The fraction of sp³-hybridized carbons (Fsp3) is 0.684. The molecule has 1 saturated heterocycles. The van der Waals surface area contributed by atoms with Gasteiger partial charge in [-0.25, -0.2) is 0 Å². The number of hydrogen-bond donors (Lipinski definition) is 0. The maximum atomic E-state index is 5.57. The second-order valence-electron chi connectivity index (χ2n) is 6.98. The minimum absolute atomic E-state index is 0.523. The number of benzene rings is 1. The summed E-state index contributed by atoms with van der Waals surface area (Å²) in [6.07, 6.45) is 5.46. The van der Waals surface area contributed by atoms with Crippen LogP contribution >= 0.6 is 0 Å². The smallest absolute Gasteiger partial charge is 0.0594 e. The molecule has 1 heterocycles. The zero-order valence-corrected chi connectivity index (χ0v) is 14.1. The molecule has 1 aliphatic carbocycles. The van der Waals surface area contributed by atoms with Crippen LogP contribution in [-0.4, -0.2) is 56.2 Å². The summed E-state index contributed by atoms with van der Waals surface area (Å²) in [6.45, 7) is 4.02. The first-order valence-electron chi connectivity index (χ1n) is 8.80. The number of hydrogen-bond acceptors (Lipinski definition) is 3. The minimum Gasteiger partial charge on any atom is -0.379 e. The van der Waals surface area contributed by atoms with Crippen LogP contribution in [-0.2, 0) is 4.74 Å². The molecule has 3 rings (SSSR count). The Kier molecular flexibility index (Phi) is 5.51. The molecule has 1 aliphatic heterocycles. The quantitative estimate of drug-likeness (QED) is 0.849. The van der Waals surface area contributed by atoms with Crippen molar-refractivity contribution in [2.45, 2.75) is 37.8 Å². The summed E-state index contributed by atoms with van der Waals surface area (Å²) in [5.74, 6) is 0.726. The standard InChI is InChI=1S/C19H30N2O/c1-20(2)19(16-8-4-3-5-9-16)17-10-6-7-11-18(17)21-12-14-22-15-13-21/h3-5,8-9,17-19H,6-7,10-15H2,1-2H3/t17-,18+,19+/m0/s1. The van der Waals surface area contributed by atoms with Crippen LogP contribution in [0.3, 0.4) is 0 Å². The number of morpholine rings is 1. The van der Waals surface area contributed by atoms with Crippen LogP contribution in [0, 0.1) is 5.92 Å². The van der Waals surface area contributed by atoms with Crippen molar-refractivity contribution < 1.29 is 4.74 Å². The van der Waals surface area contributed by atoms with E-state index >= 15 is 0 Å². The minimum atomic E-state index is 0.523. The van der Waals surface area contributed by atoms with Crippen LogP contribution in [0.1, 0.15) is 37.3 Å². The first kappa shape index (κ1) is 16.0. The lowest BCUT2D eigenvalue weighted by atomic mass is 9.76. The highest BCUT2D eigenvalue weighted by molar-refractivity contribution is 5.20. The van der Waals surface area contributed by atoms with Crippen LogP contribution in [0.15, 0.2) is 30.3 Å². The van der Waals surface area contributed by atoms with Gasteiger partial charge in [0.25, 0.3) is 0 Å². The van der Waals surface area contributed by atoms with E-state index in [-0.39, 0.29) is 0 Å². The molecule has 122 valence electrons. The highest BCUT2D eigenvalue weighted by atomic mass is 16.5. The van der Waals surface area contributed by atoms with Crippen molar-refractivity contribution >= 4 is 0 Å². The summed E-state index contributed by atoms with van der Waals surface area (Å²) in [4.78, 5) is 5.13. The monoisotopic (exact) mass is 302 g/mol. The van der Waals surface area contributed by atoms with Crippen molar-refractivity contribution in [3.8, 4) is 0 Å². The third-order valence-corrected chi connectivity index (χ3v) is 5.40. The Balaban J connectivity index is 1.83. The van der Waals surface area contributed by atoms with E-state index in [0.29, 0.717) is 12.1 Å². The molecule has 0 amide bonds. The SMILES string of the molecule is CN(C)[C@H](c1ccccc1)[C@H]1CCCC[C@H]1N1CCOCC1. The average Bonchev–Trinajstić information content (AvgIpc) is 2.57. The van der Waals surface area contributed by atoms with E-state index in [1.165, 1.54) is 31.2 Å². The van der Waals surface area contributed by atoms with Gasteiger partial charge in [-0.1, -0.05) is 43.2 Å². The van der Waals surface area contributed by atoms with Gasteiger partial charge in [-0.15, -0.1) is 0 Å². The maximum Gasteiger partial charge on any atom is 0.0594 e. The summed E-state index contributed by atoms with van der Waals surface area (Å²) in [5.41, 5.74) is 1.47. The topological polar surface area (TPSA) is 15.7 Å². The van der Waals surface area contributed by atoms with Gasteiger partial charge in [0.15, 0.2) is 0 Å².